The first kappa shape index (κ1) is 27.0. The SMILES string of the molecule is C=CCn1c(SCC(=O)Nc2sc(C(N)=O)c(C)c2C(=O)OC)nnc1C(C)Oc1ccc(C)cc1. The topological polar surface area (TPSA) is 138 Å². The molecule has 3 N–H and O–H groups in total. The highest BCUT2D eigenvalue weighted by atomic mass is 32.2. The van der Waals surface area contributed by atoms with Crippen LogP contribution in [0.3, 0.4) is 0 Å². The van der Waals surface area contributed by atoms with Gasteiger partial charge >= 0.3 is 5.97 Å². The Bertz CT molecular complexity index is 1280. The first-order valence-electron chi connectivity index (χ1n) is 10.9. The molecule has 3 rings (SSSR count). The van der Waals surface area contributed by atoms with Crippen molar-refractivity contribution in [1.29, 1.82) is 0 Å². The summed E-state index contributed by atoms with van der Waals surface area (Å²) in [4.78, 5) is 36.8. The lowest BCUT2D eigenvalue weighted by Gasteiger charge is -2.16. The highest BCUT2D eigenvalue weighted by molar-refractivity contribution is 7.99. The number of aromatic nitrogens is 3. The Morgan fingerprint density at radius 1 is 1.25 bits per heavy atom. The average molecular weight is 530 g/mol. The highest BCUT2D eigenvalue weighted by Crippen LogP contribution is 2.34. The Balaban J connectivity index is 1.73. The van der Waals surface area contributed by atoms with E-state index in [4.69, 9.17) is 15.2 Å². The standard InChI is InChI=1S/C24H27N5O5S2/c1-6-11-29-21(15(4)34-16-9-7-13(2)8-10-16)27-28-24(29)35-12-17(30)26-22-18(23(32)33-5)14(3)19(36-22)20(25)31/h6-10,15H,1,11-12H2,2-5H3,(H2,25,31)(H,26,30). The van der Waals surface area contributed by atoms with Crippen LogP contribution in [0.5, 0.6) is 5.75 Å². The number of anilines is 1. The number of methoxy groups -OCH3 is 1. The second-order valence-corrected chi connectivity index (χ2v) is 9.73. The number of allylic oxidation sites excluding steroid dienone is 1. The molecule has 0 spiro atoms. The van der Waals surface area contributed by atoms with Crippen LogP contribution in [0.15, 0.2) is 42.1 Å². The Hall–Kier alpha value is -3.64. The number of thiophene rings is 1. The molecule has 0 bridgehead atoms. The molecule has 2 amide bonds. The fourth-order valence-electron chi connectivity index (χ4n) is 3.36. The van der Waals surface area contributed by atoms with Crippen molar-refractivity contribution < 1.29 is 23.9 Å². The van der Waals surface area contributed by atoms with Crippen molar-refractivity contribution in [3.8, 4) is 5.75 Å². The van der Waals surface area contributed by atoms with Gasteiger partial charge in [-0.1, -0.05) is 35.5 Å². The van der Waals surface area contributed by atoms with Gasteiger partial charge in [-0.15, -0.1) is 28.1 Å². The molecule has 0 aliphatic rings. The van der Waals surface area contributed by atoms with Gasteiger partial charge in [-0.25, -0.2) is 4.79 Å². The summed E-state index contributed by atoms with van der Waals surface area (Å²) in [5.41, 5.74) is 6.99. The summed E-state index contributed by atoms with van der Waals surface area (Å²) in [6.07, 6.45) is 1.31. The molecule has 12 heteroatoms. The number of carbonyl (C=O) groups is 3. The summed E-state index contributed by atoms with van der Waals surface area (Å²) in [5.74, 6) is -0.488. The van der Waals surface area contributed by atoms with Crippen molar-refractivity contribution in [2.24, 2.45) is 5.73 Å². The normalized spacial score (nSPS) is 11.6. The van der Waals surface area contributed by atoms with Crippen LogP contribution in [0, 0.1) is 13.8 Å². The average Bonchev–Trinajstić information content (AvgIpc) is 3.39. The third-order valence-corrected chi connectivity index (χ3v) is 7.29. The number of primary amides is 1. The molecule has 0 aliphatic heterocycles. The fraction of sp³-hybridized carbons (Fsp3) is 0.292. The number of thioether (sulfide) groups is 1. The van der Waals surface area contributed by atoms with E-state index in [1.165, 1.54) is 18.9 Å². The number of hydrogen-bond donors (Lipinski definition) is 2. The van der Waals surface area contributed by atoms with Crippen molar-refractivity contribution >= 4 is 45.9 Å². The minimum atomic E-state index is -0.690. The molecule has 1 unspecified atom stereocenters. The van der Waals surface area contributed by atoms with E-state index in [1.54, 1.807) is 13.0 Å². The van der Waals surface area contributed by atoms with Crippen LogP contribution >= 0.6 is 23.1 Å². The molecule has 2 aromatic heterocycles. The van der Waals surface area contributed by atoms with Crippen molar-refractivity contribution in [1.82, 2.24) is 14.8 Å². The quantitative estimate of drug-likeness (QED) is 0.217. The van der Waals surface area contributed by atoms with E-state index in [9.17, 15) is 14.4 Å². The van der Waals surface area contributed by atoms with Crippen molar-refractivity contribution in [3.05, 3.63) is 64.3 Å². The number of benzene rings is 1. The van der Waals surface area contributed by atoms with Crippen LogP contribution in [0.25, 0.3) is 0 Å². The first-order chi connectivity index (χ1) is 17.2. The molecule has 2 heterocycles. The molecule has 3 aromatic rings. The van der Waals surface area contributed by atoms with Crippen LogP contribution in [-0.2, 0) is 16.1 Å². The van der Waals surface area contributed by atoms with Crippen LogP contribution in [-0.4, -0.2) is 45.4 Å². The van der Waals surface area contributed by atoms with Gasteiger partial charge in [0.25, 0.3) is 5.91 Å². The Morgan fingerprint density at radius 2 is 1.94 bits per heavy atom. The van der Waals surface area contributed by atoms with Gasteiger partial charge in [0.1, 0.15) is 10.8 Å². The van der Waals surface area contributed by atoms with Gasteiger partial charge in [0.05, 0.1) is 23.3 Å². The fourth-order valence-corrected chi connectivity index (χ4v) is 5.18. The number of esters is 1. The monoisotopic (exact) mass is 529 g/mol. The predicted molar refractivity (Wildman–Crippen MR) is 139 cm³/mol. The molecule has 1 aromatic carbocycles. The molecule has 0 fully saturated rings. The zero-order valence-electron chi connectivity index (χ0n) is 20.4. The van der Waals surface area contributed by atoms with Crippen molar-refractivity contribution in [3.63, 3.8) is 0 Å². The molecular weight excluding hydrogens is 502 g/mol. The van der Waals surface area contributed by atoms with Gasteiger partial charge in [-0.05, 0) is 38.5 Å². The number of hydrogen-bond acceptors (Lipinski definition) is 9. The van der Waals surface area contributed by atoms with Gasteiger partial charge in [0.2, 0.25) is 5.91 Å². The van der Waals surface area contributed by atoms with Crippen LogP contribution in [0.1, 0.15) is 50.0 Å². The molecule has 0 saturated heterocycles. The summed E-state index contributed by atoms with van der Waals surface area (Å²) in [6.45, 7) is 9.66. The minimum Gasteiger partial charge on any atom is -0.483 e. The van der Waals surface area contributed by atoms with Gasteiger partial charge in [0.15, 0.2) is 17.1 Å². The molecule has 190 valence electrons. The molecule has 1 atom stereocenters. The van der Waals surface area contributed by atoms with Crippen LogP contribution in [0.2, 0.25) is 0 Å². The van der Waals surface area contributed by atoms with Crippen molar-refractivity contribution in [2.45, 2.75) is 38.6 Å². The van der Waals surface area contributed by atoms with Gasteiger partial charge in [-0.3, -0.25) is 14.2 Å². The number of nitrogens with one attached hydrogen (secondary N) is 1. The number of amides is 2. The molecule has 0 radical (unpaired) electrons. The Morgan fingerprint density at radius 3 is 2.56 bits per heavy atom. The molecule has 0 saturated carbocycles. The minimum absolute atomic E-state index is 0.0219. The number of carbonyl (C=O) groups excluding carboxylic acids is 3. The Labute approximate surface area is 216 Å². The second kappa shape index (κ2) is 11.9. The first-order valence-corrected chi connectivity index (χ1v) is 12.7. The third kappa shape index (κ3) is 6.13. The van der Waals surface area contributed by atoms with E-state index in [1.807, 2.05) is 42.7 Å². The summed E-state index contributed by atoms with van der Waals surface area (Å²) in [6, 6.07) is 7.70. The largest absolute Gasteiger partial charge is 0.483 e. The Kier molecular flexibility index (Phi) is 8.88. The molecule has 0 aliphatic carbocycles. The summed E-state index contributed by atoms with van der Waals surface area (Å²) in [5, 5.41) is 11.9. The lowest BCUT2D eigenvalue weighted by atomic mass is 10.1. The lowest BCUT2D eigenvalue weighted by molar-refractivity contribution is -0.113. The maximum absolute atomic E-state index is 12.7. The number of nitrogens with two attached hydrogens (primary N) is 1. The van der Waals surface area contributed by atoms with E-state index in [2.05, 4.69) is 22.1 Å². The number of nitrogens with zero attached hydrogens (tertiary/aromatic N) is 3. The molecule has 36 heavy (non-hydrogen) atoms. The smallest absolute Gasteiger partial charge is 0.341 e. The highest BCUT2D eigenvalue weighted by Gasteiger charge is 2.26. The zero-order valence-corrected chi connectivity index (χ0v) is 22.0. The van der Waals surface area contributed by atoms with Crippen molar-refractivity contribution in [2.75, 3.05) is 18.2 Å². The maximum atomic E-state index is 12.7. The van der Waals surface area contributed by atoms with E-state index in [0.29, 0.717) is 28.8 Å². The lowest BCUT2D eigenvalue weighted by Crippen LogP contribution is -2.17. The summed E-state index contributed by atoms with van der Waals surface area (Å²) >= 11 is 2.10. The second-order valence-electron chi connectivity index (χ2n) is 7.77. The number of rotatable bonds is 11. The third-order valence-electron chi connectivity index (χ3n) is 5.10. The van der Waals surface area contributed by atoms with Gasteiger partial charge in [0, 0.05) is 6.54 Å². The molecule has 10 nitrogen and oxygen atoms in total. The maximum Gasteiger partial charge on any atom is 0.341 e. The van der Waals surface area contributed by atoms with E-state index < -0.39 is 23.9 Å². The van der Waals surface area contributed by atoms with E-state index >= 15 is 0 Å². The van der Waals surface area contributed by atoms with Gasteiger partial charge < -0.3 is 20.5 Å². The predicted octanol–water partition coefficient (Wildman–Crippen LogP) is 3.90. The van der Waals surface area contributed by atoms with E-state index in [-0.39, 0.29) is 21.2 Å². The van der Waals surface area contributed by atoms with Gasteiger partial charge in [-0.2, -0.15) is 0 Å². The summed E-state index contributed by atoms with van der Waals surface area (Å²) in [7, 11) is 1.22. The molecular formula is C24H27N5O5S2. The zero-order chi connectivity index (χ0) is 26.4. The summed E-state index contributed by atoms with van der Waals surface area (Å²) < 4.78 is 12.6. The van der Waals surface area contributed by atoms with Crippen LogP contribution < -0.4 is 15.8 Å². The van der Waals surface area contributed by atoms with Crippen LogP contribution in [0.4, 0.5) is 5.00 Å². The number of aryl methyl sites for hydroxylation is 1. The van der Waals surface area contributed by atoms with E-state index in [0.717, 1.165) is 16.9 Å². The number of ether oxygens (including phenoxy) is 2.